The Bertz CT molecular complexity index is 6270. The van der Waals surface area contributed by atoms with Crippen LogP contribution in [0.3, 0.4) is 0 Å². The van der Waals surface area contributed by atoms with Crippen LogP contribution in [0.5, 0.6) is 46.0 Å². The van der Waals surface area contributed by atoms with Crippen LogP contribution in [0.25, 0.3) is 146 Å². The molecule has 0 saturated carbocycles. The highest BCUT2D eigenvalue weighted by Crippen LogP contribution is 2.62. The molecule has 2 aliphatic carbocycles. The van der Waals surface area contributed by atoms with E-state index in [9.17, 15) is 0 Å². The van der Waals surface area contributed by atoms with E-state index in [-0.39, 0.29) is 10.8 Å². The minimum absolute atomic E-state index is 0.204. The van der Waals surface area contributed by atoms with Crippen LogP contribution in [-0.4, -0.2) is 24.9 Å². The largest absolute Gasteiger partial charge is 0.449 e. The van der Waals surface area contributed by atoms with Gasteiger partial charge in [-0.1, -0.05) is 289 Å². The predicted molar refractivity (Wildman–Crippen MR) is 424 cm³/mol. The molecule has 0 atom stereocenters. The van der Waals surface area contributed by atoms with Crippen molar-refractivity contribution in [1.82, 2.24) is 24.9 Å². The molecule has 0 unspecified atom stereocenters. The van der Waals surface area contributed by atoms with E-state index in [1.807, 2.05) is 91.1 Å². The summed E-state index contributed by atoms with van der Waals surface area (Å²) in [6.45, 7) is 9.15. The molecule has 0 saturated heterocycles. The summed E-state index contributed by atoms with van der Waals surface area (Å²) in [5.41, 5.74) is 27.1. The van der Waals surface area contributed by atoms with Crippen molar-refractivity contribution in [3.63, 3.8) is 0 Å². The lowest BCUT2D eigenvalue weighted by molar-refractivity contribution is 0.361. The number of rotatable bonds is 11. The standard InChI is InChI=1S/C97H65N5O4/c1-96(2)75-42-21-20-39-73(75)88-76(96)48-51-86-92(88)105-90-69(40-23-43-84(90)103-86)66-34-15-18-37-71(66)94-99-80(59-27-10-6-11-28-59)55-82(101-94)63-32-22-31-62(53-63)79-50-46-64(57-98-79)61-45-47-74-78(54-61)97(3,4)77-49-52-87-93(89(74)77)106-91-70(41-24-44-85(91)104-87)67-35-16-19-38-72(67)95-100-81(60-29-12-7-13-30-60)56-83(102-95)68-36-17-14-33-65(68)58-25-8-5-9-26-58/h5-57H,1-4H3. The average Bonchev–Trinajstić information content (AvgIpc) is 1.55. The molecule has 20 rings (SSSR count). The van der Waals surface area contributed by atoms with Crippen LogP contribution in [0.15, 0.2) is 322 Å². The zero-order valence-corrected chi connectivity index (χ0v) is 58.5. The number of aromatic nitrogens is 5. The van der Waals surface area contributed by atoms with Gasteiger partial charge >= 0.3 is 0 Å². The van der Waals surface area contributed by atoms with Crippen LogP contribution in [0.1, 0.15) is 49.9 Å². The number of fused-ring (bicyclic) bond motifs is 12. The van der Waals surface area contributed by atoms with Gasteiger partial charge < -0.3 is 18.9 Å². The van der Waals surface area contributed by atoms with Crippen LogP contribution in [-0.2, 0) is 10.8 Å². The highest BCUT2D eigenvalue weighted by Gasteiger charge is 2.42. The van der Waals surface area contributed by atoms with Gasteiger partial charge in [-0.3, -0.25) is 4.98 Å². The first-order valence-corrected chi connectivity index (χ1v) is 35.9. The number of para-hydroxylation sites is 2. The number of pyridine rings is 1. The quantitative estimate of drug-likeness (QED) is 0.125. The van der Waals surface area contributed by atoms with Crippen molar-refractivity contribution in [2.45, 2.75) is 38.5 Å². The lowest BCUT2D eigenvalue weighted by Crippen LogP contribution is -2.15. The molecule has 106 heavy (non-hydrogen) atoms. The summed E-state index contributed by atoms with van der Waals surface area (Å²) >= 11 is 0. The average molecular weight is 1360 g/mol. The van der Waals surface area contributed by atoms with Gasteiger partial charge in [0.2, 0.25) is 0 Å². The third-order valence-electron chi connectivity index (χ3n) is 21.6. The number of nitrogens with zero attached hydrogens (tertiary/aromatic N) is 5. The Labute approximate surface area is 614 Å². The van der Waals surface area contributed by atoms with Gasteiger partial charge in [-0.05, 0) is 116 Å². The fourth-order valence-corrected chi connectivity index (χ4v) is 16.2. The van der Waals surface area contributed by atoms with Crippen molar-refractivity contribution >= 4 is 0 Å². The molecule has 0 fully saturated rings. The molecule has 0 amide bonds. The van der Waals surface area contributed by atoms with Crippen molar-refractivity contribution in [1.29, 1.82) is 0 Å². The maximum absolute atomic E-state index is 7.34. The van der Waals surface area contributed by atoms with Crippen LogP contribution in [0.4, 0.5) is 0 Å². The predicted octanol–water partition coefficient (Wildman–Crippen LogP) is 25.4. The second-order valence-electron chi connectivity index (χ2n) is 28.5. The molecule has 0 N–H and O–H groups in total. The van der Waals surface area contributed by atoms with Gasteiger partial charge in [0.15, 0.2) is 57.6 Å². The Morgan fingerprint density at radius 2 is 0.623 bits per heavy atom. The summed E-state index contributed by atoms with van der Waals surface area (Å²) in [6, 6.07) is 109. The highest BCUT2D eigenvalue weighted by atomic mass is 16.6. The summed E-state index contributed by atoms with van der Waals surface area (Å²) in [4.78, 5) is 26.7. The summed E-state index contributed by atoms with van der Waals surface area (Å²) in [6.07, 6.45) is 1.98. The van der Waals surface area contributed by atoms with E-state index < -0.39 is 0 Å². The summed E-state index contributed by atoms with van der Waals surface area (Å²) in [5, 5.41) is 0. The molecule has 13 aromatic carbocycles. The molecular weight excluding hydrogens is 1300 g/mol. The molecule has 9 heteroatoms. The molecule has 9 nitrogen and oxygen atoms in total. The molecule has 16 aromatic rings. The molecule has 3 aromatic heterocycles. The first-order chi connectivity index (χ1) is 52.0. The number of ether oxygens (including phenoxy) is 4. The number of benzene rings is 13. The molecule has 0 radical (unpaired) electrons. The minimum atomic E-state index is -0.385. The Morgan fingerprint density at radius 3 is 1.18 bits per heavy atom. The van der Waals surface area contributed by atoms with E-state index in [1.165, 1.54) is 16.7 Å². The smallest absolute Gasteiger partial charge is 0.178 e. The van der Waals surface area contributed by atoms with E-state index in [2.05, 4.69) is 258 Å². The highest BCUT2D eigenvalue weighted by molar-refractivity contribution is 5.95. The van der Waals surface area contributed by atoms with Gasteiger partial charge in [-0.15, -0.1) is 0 Å². The minimum Gasteiger partial charge on any atom is -0.449 e. The molecule has 0 bridgehead atoms. The van der Waals surface area contributed by atoms with Gasteiger partial charge in [0.05, 0.1) is 28.5 Å². The van der Waals surface area contributed by atoms with E-state index in [1.54, 1.807) is 0 Å². The van der Waals surface area contributed by atoms with Gasteiger partial charge in [0, 0.05) is 83.8 Å². The molecule has 2 aliphatic heterocycles. The Balaban J connectivity index is 0.609. The van der Waals surface area contributed by atoms with E-state index >= 15 is 0 Å². The van der Waals surface area contributed by atoms with E-state index in [0.717, 1.165) is 145 Å². The van der Waals surface area contributed by atoms with E-state index in [4.69, 9.17) is 43.9 Å². The van der Waals surface area contributed by atoms with Crippen molar-refractivity contribution in [2.24, 2.45) is 0 Å². The van der Waals surface area contributed by atoms with Gasteiger partial charge in [0.1, 0.15) is 0 Å². The molecule has 502 valence electrons. The summed E-state index contributed by atoms with van der Waals surface area (Å²) in [5.74, 6) is 6.50. The second-order valence-corrected chi connectivity index (χ2v) is 28.5. The van der Waals surface area contributed by atoms with Crippen LogP contribution >= 0.6 is 0 Å². The topological polar surface area (TPSA) is 101 Å². The molecule has 0 spiro atoms. The Kier molecular flexibility index (Phi) is 14.4. The van der Waals surface area contributed by atoms with Crippen molar-refractivity contribution in [3.05, 3.63) is 344 Å². The fourth-order valence-electron chi connectivity index (χ4n) is 16.2. The third kappa shape index (κ3) is 10.2. The zero-order valence-electron chi connectivity index (χ0n) is 58.5. The normalized spacial score (nSPS) is 13.4. The summed E-state index contributed by atoms with van der Waals surface area (Å²) in [7, 11) is 0. The van der Waals surface area contributed by atoms with Crippen LogP contribution < -0.4 is 18.9 Å². The van der Waals surface area contributed by atoms with Gasteiger partial charge in [-0.2, -0.15) is 0 Å². The number of hydrogen-bond donors (Lipinski definition) is 0. The SMILES string of the molecule is CC1(C)c2ccccc2-c2c1ccc1c2Oc2c(cccc2-c2ccccc2-c2nc(-c3ccccc3)cc(-c3cccc(-c4ccc(-c5ccc6c(c5)C(C)(C)c5ccc7c(c5-6)Oc5c(cccc5-c5ccccc5-c5nc(-c6ccccc6)cc(-c6ccccc6-c6ccccc6)n5)O7)cn4)c3)n2)O1. The van der Waals surface area contributed by atoms with Gasteiger partial charge in [-0.25, -0.2) is 19.9 Å². The van der Waals surface area contributed by atoms with Crippen molar-refractivity contribution in [3.8, 4) is 192 Å². The molecular formula is C97H65N5O4. The van der Waals surface area contributed by atoms with Crippen molar-refractivity contribution in [2.75, 3.05) is 0 Å². The first-order valence-electron chi connectivity index (χ1n) is 35.9. The zero-order chi connectivity index (χ0) is 70.8. The summed E-state index contributed by atoms with van der Waals surface area (Å²) < 4.78 is 28.2. The molecule has 4 aliphatic rings. The first kappa shape index (κ1) is 62.2. The molecule has 5 heterocycles. The van der Waals surface area contributed by atoms with Gasteiger partial charge in [0.25, 0.3) is 0 Å². The van der Waals surface area contributed by atoms with Crippen LogP contribution in [0, 0.1) is 0 Å². The Morgan fingerprint density at radius 1 is 0.217 bits per heavy atom. The second kappa shape index (κ2) is 24.5. The lowest BCUT2D eigenvalue weighted by atomic mass is 9.81. The monoisotopic (exact) mass is 1360 g/mol. The van der Waals surface area contributed by atoms with Crippen molar-refractivity contribution < 1.29 is 18.9 Å². The fraction of sp³-hybridized carbons (Fsp3) is 0.0619. The number of hydrogen-bond acceptors (Lipinski definition) is 9. The lowest BCUT2D eigenvalue weighted by Gasteiger charge is -2.27. The Hall–Kier alpha value is -13.6. The van der Waals surface area contributed by atoms with E-state index in [0.29, 0.717) is 51.9 Å². The maximum atomic E-state index is 7.34. The third-order valence-corrected chi connectivity index (χ3v) is 21.6. The van der Waals surface area contributed by atoms with Crippen LogP contribution in [0.2, 0.25) is 0 Å². The maximum Gasteiger partial charge on any atom is 0.178 e.